The molecule has 0 aliphatic rings. The normalized spacial score (nSPS) is 16.3. The first-order chi connectivity index (χ1) is 16.2. The molecule has 1 atom stereocenters. The Hall–Kier alpha value is -0.304. The zero-order chi connectivity index (χ0) is 31.4. The molecule has 0 aliphatic carbocycles. The van der Waals surface area contributed by atoms with Gasteiger partial charge in [-0.1, -0.05) is 0 Å². The van der Waals surface area contributed by atoms with E-state index < -0.39 is 85.1 Å². The fourth-order valence-corrected chi connectivity index (χ4v) is 2.69. The maximum atomic E-state index is 13.8. The van der Waals surface area contributed by atoms with E-state index in [0.717, 1.165) is 0 Å². The summed E-state index contributed by atoms with van der Waals surface area (Å²) < 4.78 is 252. The molecule has 0 fully saturated rings. The predicted octanol–water partition coefficient (Wildman–Crippen LogP) is 1.07. The number of carbonyl (C=O) groups is 1. The number of aliphatic carboxylic acids is 1. The van der Waals surface area contributed by atoms with Gasteiger partial charge in [0.2, 0.25) is 0 Å². The third-order valence-electron chi connectivity index (χ3n) is 4.66. The summed E-state index contributed by atoms with van der Waals surface area (Å²) in [7, 11) is 0.616. The van der Waals surface area contributed by atoms with Crippen LogP contribution in [0.25, 0.3) is 0 Å². The van der Waals surface area contributed by atoms with E-state index in [4.69, 9.17) is 0 Å². The van der Waals surface area contributed by atoms with Crippen LogP contribution < -0.4 is 56.5 Å². The van der Waals surface area contributed by atoms with Crippen molar-refractivity contribution in [2.24, 2.45) is 0 Å². The van der Waals surface area contributed by atoms with Gasteiger partial charge >= 0.3 is 105 Å². The van der Waals surface area contributed by atoms with Crippen LogP contribution in [0.1, 0.15) is 6.42 Å². The topological polar surface area (TPSA) is 63.6 Å². The monoisotopic (exact) mass is 653 g/mol. The number of hydrogen-bond donors (Lipinski definition) is 1. The number of carbonyl (C=O) groups excluding carboxylic acids is 1. The number of nitrogens with zero attached hydrogens (tertiary/aromatic N) is 1. The molecule has 0 aromatic heterocycles. The number of rotatable bonds is 12. The van der Waals surface area contributed by atoms with E-state index in [0.29, 0.717) is 7.05 Å². The smallest absolute Gasteiger partial charge is 0.549 e. The molecule has 0 spiro atoms. The van der Waals surface area contributed by atoms with Gasteiger partial charge in [-0.15, -0.1) is 0 Å². The zero-order valence-corrected chi connectivity index (χ0v) is 21.7. The zero-order valence-electron chi connectivity index (χ0n) is 18.6. The number of alkyl halides is 19. The number of halogens is 19. The van der Waals surface area contributed by atoms with Crippen molar-refractivity contribution >= 4 is 5.97 Å². The molecular weight excluding hydrogens is 642 g/mol. The Labute approximate surface area is 245 Å². The van der Waals surface area contributed by atoms with Crippen LogP contribution in [-0.4, -0.2) is 95.8 Å². The summed E-state index contributed by atoms with van der Waals surface area (Å²) >= 11 is 0. The van der Waals surface area contributed by atoms with Crippen LogP contribution in [0, 0.1) is 0 Å². The molecule has 0 saturated carbocycles. The third-order valence-corrected chi connectivity index (χ3v) is 4.66. The van der Waals surface area contributed by atoms with Gasteiger partial charge < -0.3 is 15.0 Å². The number of hydrogen-bond acceptors (Lipinski definition) is 4. The molecule has 4 nitrogen and oxygen atoms in total. The summed E-state index contributed by atoms with van der Waals surface area (Å²) in [5.41, 5.74) is -8.81. The Bertz CT molecular complexity index is 842. The van der Waals surface area contributed by atoms with E-state index in [1.54, 1.807) is 0 Å². The summed E-state index contributed by atoms with van der Waals surface area (Å²) in [5.74, 6) is -52.9. The summed E-state index contributed by atoms with van der Waals surface area (Å²) in [5, 5.41) is 19.5. The first-order valence-electron chi connectivity index (χ1n) is 8.86. The molecule has 24 heteroatoms. The van der Waals surface area contributed by atoms with Crippen molar-refractivity contribution < 1.29 is 150 Å². The SMILES string of the molecule is CN(CC(=O)[O-])CC(O)CC(F)(F)C(F)(F)C(F)(F)C(F)(F)C(F)(F)C(F)(F)C(F)(C(F)(F)F)C(F)(F)F.[K+]. The van der Waals surface area contributed by atoms with Crippen molar-refractivity contribution in [3.05, 3.63) is 0 Å². The molecule has 0 saturated heterocycles. The van der Waals surface area contributed by atoms with Gasteiger partial charge in [-0.05, 0) is 7.05 Å². The first kappa shape index (κ1) is 40.8. The number of carboxylic acid groups (broad SMARTS) is 1. The Morgan fingerprint density at radius 2 is 0.974 bits per heavy atom. The second-order valence-corrected chi connectivity index (χ2v) is 7.66. The van der Waals surface area contributed by atoms with Crippen molar-refractivity contribution in [1.82, 2.24) is 4.90 Å². The first-order valence-corrected chi connectivity index (χ1v) is 8.86. The Morgan fingerprint density at radius 1 is 0.667 bits per heavy atom. The van der Waals surface area contributed by atoms with E-state index in [2.05, 4.69) is 0 Å². The van der Waals surface area contributed by atoms with E-state index >= 15 is 0 Å². The molecule has 0 bridgehead atoms. The standard InChI is InChI=1S/C15H12F19NO3.K/c1-35(4-6(37)38)3-5(36)2-7(16,17)9(19,20)11(23,24)13(27,28)12(25,26)10(21,22)8(18,14(29,30)31)15(32,33)34;/h5,36H,2-4H2,1H3,(H,37,38);/q;+1/p-1. The number of aliphatic hydroxyl groups excluding tert-OH is 1. The Balaban J connectivity index is 0. The van der Waals surface area contributed by atoms with Crippen LogP contribution >= 0.6 is 0 Å². The van der Waals surface area contributed by atoms with Gasteiger partial charge in [0.1, 0.15) is 0 Å². The van der Waals surface area contributed by atoms with Gasteiger partial charge in [-0.3, -0.25) is 4.90 Å². The summed E-state index contributed by atoms with van der Waals surface area (Å²) in [6.45, 7) is -2.78. The van der Waals surface area contributed by atoms with Gasteiger partial charge in [0, 0.05) is 19.5 Å². The van der Waals surface area contributed by atoms with Crippen molar-refractivity contribution in [2.45, 2.75) is 66.1 Å². The van der Waals surface area contributed by atoms with Crippen LogP contribution in [0.3, 0.4) is 0 Å². The van der Waals surface area contributed by atoms with Crippen molar-refractivity contribution in [3.8, 4) is 0 Å². The average Bonchev–Trinajstić information content (AvgIpc) is 2.62. The molecule has 0 aliphatic heterocycles. The maximum absolute atomic E-state index is 13.8. The minimum atomic E-state index is -9.11. The van der Waals surface area contributed by atoms with Crippen molar-refractivity contribution in [1.29, 1.82) is 0 Å². The van der Waals surface area contributed by atoms with E-state index in [-0.39, 0.29) is 56.3 Å². The average molecular weight is 653 g/mol. The van der Waals surface area contributed by atoms with Gasteiger partial charge in [0.05, 0.1) is 12.1 Å². The van der Waals surface area contributed by atoms with Crippen molar-refractivity contribution in [2.75, 3.05) is 20.1 Å². The molecule has 1 unspecified atom stereocenters. The van der Waals surface area contributed by atoms with Crippen LogP contribution in [0.5, 0.6) is 0 Å². The summed E-state index contributed by atoms with van der Waals surface area (Å²) in [6.07, 6.45) is -23.0. The van der Waals surface area contributed by atoms with Crippen molar-refractivity contribution in [3.63, 3.8) is 0 Å². The molecule has 0 radical (unpaired) electrons. The largest absolute Gasteiger partial charge is 1.00 e. The molecule has 39 heavy (non-hydrogen) atoms. The molecule has 0 aromatic carbocycles. The molecule has 0 amide bonds. The minimum absolute atomic E-state index is 0. The van der Waals surface area contributed by atoms with Crippen LogP contribution in [0.15, 0.2) is 0 Å². The molecule has 228 valence electrons. The molecule has 1 N–H and O–H groups in total. The number of carboxylic acids is 1. The van der Waals surface area contributed by atoms with E-state index in [1.165, 1.54) is 0 Å². The molecule has 0 aromatic rings. The van der Waals surface area contributed by atoms with E-state index in [1.807, 2.05) is 0 Å². The van der Waals surface area contributed by atoms with Gasteiger partial charge in [-0.25, -0.2) is 4.39 Å². The van der Waals surface area contributed by atoms with E-state index in [9.17, 15) is 98.4 Å². The van der Waals surface area contributed by atoms with Gasteiger partial charge in [0.25, 0.3) is 0 Å². The second-order valence-electron chi connectivity index (χ2n) is 7.66. The third kappa shape index (κ3) is 6.70. The molecule has 0 rings (SSSR count). The van der Waals surface area contributed by atoms with Gasteiger partial charge in [-0.2, -0.15) is 79.0 Å². The van der Waals surface area contributed by atoms with Crippen LogP contribution in [0.2, 0.25) is 0 Å². The predicted molar refractivity (Wildman–Crippen MR) is 78.8 cm³/mol. The number of likely N-dealkylation sites (N-methyl/N-ethyl adjacent to an activating group) is 1. The summed E-state index contributed by atoms with van der Waals surface area (Å²) in [4.78, 5) is 10.5. The minimum Gasteiger partial charge on any atom is -0.549 e. The van der Waals surface area contributed by atoms with Crippen LogP contribution in [-0.2, 0) is 4.79 Å². The van der Waals surface area contributed by atoms with Crippen LogP contribution in [0.4, 0.5) is 83.4 Å². The fourth-order valence-electron chi connectivity index (χ4n) is 2.69. The maximum Gasteiger partial charge on any atom is 1.00 e. The second kappa shape index (κ2) is 11.8. The quantitative estimate of drug-likeness (QED) is 0.253. The Morgan fingerprint density at radius 3 is 1.28 bits per heavy atom. The summed E-state index contributed by atoms with van der Waals surface area (Å²) in [6, 6.07) is 0. The number of aliphatic hydroxyl groups is 1. The molecule has 0 heterocycles. The Kier molecular flexibility index (Phi) is 12.3. The molecular formula is C15H11F19KNO3. The van der Waals surface area contributed by atoms with Gasteiger partial charge in [0.15, 0.2) is 0 Å². The fraction of sp³-hybridized carbons (Fsp3) is 0.933.